The minimum Gasteiger partial charge on any atom is -0.309 e. The van der Waals surface area contributed by atoms with Gasteiger partial charge in [-0.05, 0) is 50.0 Å². The molecule has 1 atom stereocenters. The van der Waals surface area contributed by atoms with Gasteiger partial charge >= 0.3 is 0 Å². The molecule has 1 fully saturated rings. The van der Waals surface area contributed by atoms with Gasteiger partial charge in [0.15, 0.2) is 0 Å². The van der Waals surface area contributed by atoms with E-state index in [1.807, 2.05) is 0 Å². The molecule has 2 heterocycles. The van der Waals surface area contributed by atoms with Crippen LogP contribution in [0.2, 0.25) is 0 Å². The van der Waals surface area contributed by atoms with E-state index in [0.717, 1.165) is 6.54 Å². The number of rotatable bonds is 2. The molecule has 1 aromatic carbocycles. The standard InChI is InChI=1S/C16H24N2/c1-2-6-12-18(11-5-1)13-16-15-8-4-3-7-14(15)9-10-17-16/h3-4,7-8,16-17H,1-2,5-6,9-13H2/t16-/m1/s1. The van der Waals surface area contributed by atoms with Crippen LogP contribution < -0.4 is 5.32 Å². The Morgan fingerprint density at radius 2 is 1.83 bits per heavy atom. The Labute approximate surface area is 110 Å². The maximum absolute atomic E-state index is 3.70. The predicted molar refractivity (Wildman–Crippen MR) is 75.8 cm³/mol. The van der Waals surface area contributed by atoms with Gasteiger partial charge in [-0.1, -0.05) is 37.1 Å². The molecule has 18 heavy (non-hydrogen) atoms. The number of fused-ring (bicyclic) bond motifs is 1. The topological polar surface area (TPSA) is 15.3 Å². The van der Waals surface area contributed by atoms with E-state index in [1.165, 1.54) is 57.3 Å². The molecule has 0 aromatic heterocycles. The first-order valence-electron chi connectivity index (χ1n) is 7.47. The molecule has 1 N–H and O–H groups in total. The molecule has 1 aromatic rings. The van der Waals surface area contributed by atoms with Crippen molar-refractivity contribution in [2.75, 3.05) is 26.2 Å². The molecule has 0 unspecified atom stereocenters. The molecule has 2 aliphatic heterocycles. The SMILES string of the molecule is c1ccc2c(c1)CCN[C@@H]2CN1CCCCCC1. The summed E-state index contributed by atoms with van der Waals surface area (Å²) in [5.41, 5.74) is 3.09. The molecule has 0 radical (unpaired) electrons. The van der Waals surface area contributed by atoms with Crippen LogP contribution in [-0.4, -0.2) is 31.1 Å². The van der Waals surface area contributed by atoms with Gasteiger partial charge in [-0.3, -0.25) is 0 Å². The van der Waals surface area contributed by atoms with Crippen LogP contribution in [0.3, 0.4) is 0 Å². The van der Waals surface area contributed by atoms with Gasteiger partial charge in [0.2, 0.25) is 0 Å². The number of likely N-dealkylation sites (tertiary alicyclic amines) is 1. The molecule has 2 heteroatoms. The summed E-state index contributed by atoms with van der Waals surface area (Å²) in [6.45, 7) is 4.91. The first kappa shape index (κ1) is 12.2. The lowest BCUT2D eigenvalue weighted by Crippen LogP contribution is -2.39. The maximum atomic E-state index is 3.70. The van der Waals surface area contributed by atoms with Crippen molar-refractivity contribution in [3.63, 3.8) is 0 Å². The highest BCUT2D eigenvalue weighted by Crippen LogP contribution is 2.24. The van der Waals surface area contributed by atoms with Crippen LogP contribution >= 0.6 is 0 Å². The quantitative estimate of drug-likeness (QED) is 0.860. The molecule has 98 valence electrons. The van der Waals surface area contributed by atoms with Crippen molar-refractivity contribution in [1.29, 1.82) is 0 Å². The Hall–Kier alpha value is -0.860. The molecule has 2 aliphatic rings. The van der Waals surface area contributed by atoms with Crippen molar-refractivity contribution in [3.05, 3.63) is 35.4 Å². The number of nitrogens with one attached hydrogen (secondary N) is 1. The zero-order chi connectivity index (χ0) is 12.2. The molecule has 0 aliphatic carbocycles. The monoisotopic (exact) mass is 244 g/mol. The Balaban J connectivity index is 1.69. The Bertz CT molecular complexity index is 380. The van der Waals surface area contributed by atoms with Gasteiger partial charge in [0.05, 0.1) is 0 Å². The van der Waals surface area contributed by atoms with Gasteiger partial charge in [-0.2, -0.15) is 0 Å². The van der Waals surface area contributed by atoms with Gasteiger partial charge < -0.3 is 10.2 Å². The Morgan fingerprint density at radius 3 is 2.67 bits per heavy atom. The normalized spacial score (nSPS) is 25.4. The van der Waals surface area contributed by atoms with Gasteiger partial charge in [-0.15, -0.1) is 0 Å². The average Bonchev–Trinajstić information content (AvgIpc) is 2.68. The Morgan fingerprint density at radius 1 is 1.06 bits per heavy atom. The van der Waals surface area contributed by atoms with Crippen LogP contribution in [-0.2, 0) is 6.42 Å². The minimum absolute atomic E-state index is 0.549. The molecular weight excluding hydrogens is 220 g/mol. The van der Waals surface area contributed by atoms with E-state index in [2.05, 4.69) is 34.5 Å². The molecule has 0 spiro atoms. The number of nitrogens with zero attached hydrogens (tertiary/aromatic N) is 1. The van der Waals surface area contributed by atoms with E-state index in [1.54, 1.807) is 5.56 Å². The van der Waals surface area contributed by atoms with Crippen molar-refractivity contribution in [3.8, 4) is 0 Å². The van der Waals surface area contributed by atoms with E-state index in [0.29, 0.717) is 6.04 Å². The molecule has 0 amide bonds. The number of hydrogen-bond acceptors (Lipinski definition) is 2. The fraction of sp³-hybridized carbons (Fsp3) is 0.625. The van der Waals surface area contributed by atoms with Crippen molar-refractivity contribution in [2.24, 2.45) is 0 Å². The highest BCUT2D eigenvalue weighted by Gasteiger charge is 2.21. The minimum atomic E-state index is 0.549. The summed E-state index contributed by atoms with van der Waals surface area (Å²) in [5, 5.41) is 3.70. The zero-order valence-corrected chi connectivity index (χ0v) is 11.2. The van der Waals surface area contributed by atoms with Gasteiger partial charge in [-0.25, -0.2) is 0 Å². The molecule has 3 rings (SSSR count). The maximum Gasteiger partial charge on any atom is 0.0452 e. The third-order valence-corrected chi connectivity index (χ3v) is 4.36. The van der Waals surface area contributed by atoms with Crippen LogP contribution in [0.4, 0.5) is 0 Å². The van der Waals surface area contributed by atoms with E-state index < -0.39 is 0 Å². The Kier molecular flexibility index (Phi) is 3.96. The highest BCUT2D eigenvalue weighted by molar-refractivity contribution is 5.32. The van der Waals surface area contributed by atoms with Crippen molar-refractivity contribution >= 4 is 0 Å². The lowest BCUT2D eigenvalue weighted by molar-refractivity contribution is 0.247. The molecule has 0 saturated carbocycles. The summed E-state index contributed by atoms with van der Waals surface area (Å²) in [7, 11) is 0. The lowest BCUT2D eigenvalue weighted by Gasteiger charge is -2.31. The fourth-order valence-electron chi connectivity index (χ4n) is 3.33. The summed E-state index contributed by atoms with van der Waals surface area (Å²) < 4.78 is 0. The number of hydrogen-bond donors (Lipinski definition) is 1. The van der Waals surface area contributed by atoms with Crippen LogP contribution in [0.1, 0.15) is 42.9 Å². The van der Waals surface area contributed by atoms with E-state index in [-0.39, 0.29) is 0 Å². The molecule has 1 saturated heterocycles. The lowest BCUT2D eigenvalue weighted by atomic mass is 9.94. The second kappa shape index (κ2) is 5.85. The van der Waals surface area contributed by atoms with Crippen LogP contribution in [0.15, 0.2) is 24.3 Å². The van der Waals surface area contributed by atoms with Gasteiger partial charge in [0.1, 0.15) is 0 Å². The van der Waals surface area contributed by atoms with Crippen LogP contribution in [0.5, 0.6) is 0 Å². The van der Waals surface area contributed by atoms with Gasteiger partial charge in [0.25, 0.3) is 0 Å². The zero-order valence-electron chi connectivity index (χ0n) is 11.2. The van der Waals surface area contributed by atoms with Crippen molar-refractivity contribution in [2.45, 2.75) is 38.1 Å². The second-order valence-electron chi connectivity index (χ2n) is 5.67. The summed E-state index contributed by atoms with van der Waals surface area (Å²) in [6.07, 6.45) is 6.80. The van der Waals surface area contributed by atoms with E-state index in [4.69, 9.17) is 0 Å². The molecule has 2 nitrogen and oxygen atoms in total. The number of benzene rings is 1. The molecular formula is C16H24N2. The first-order chi connectivity index (χ1) is 8.93. The molecule has 0 bridgehead atoms. The third-order valence-electron chi connectivity index (χ3n) is 4.36. The average molecular weight is 244 g/mol. The largest absolute Gasteiger partial charge is 0.309 e. The third kappa shape index (κ3) is 2.76. The van der Waals surface area contributed by atoms with Crippen molar-refractivity contribution in [1.82, 2.24) is 10.2 Å². The van der Waals surface area contributed by atoms with E-state index in [9.17, 15) is 0 Å². The van der Waals surface area contributed by atoms with Gasteiger partial charge in [0, 0.05) is 12.6 Å². The fourth-order valence-corrected chi connectivity index (χ4v) is 3.33. The highest BCUT2D eigenvalue weighted by atomic mass is 15.1. The van der Waals surface area contributed by atoms with E-state index >= 15 is 0 Å². The summed E-state index contributed by atoms with van der Waals surface area (Å²) in [4.78, 5) is 2.66. The summed E-state index contributed by atoms with van der Waals surface area (Å²) in [6, 6.07) is 9.51. The smallest absolute Gasteiger partial charge is 0.0452 e. The predicted octanol–water partition coefficient (Wildman–Crippen LogP) is 2.75. The van der Waals surface area contributed by atoms with Crippen LogP contribution in [0, 0.1) is 0 Å². The van der Waals surface area contributed by atoms with Crippen LogP contribution in [0.25, 0.3) is 0 Å². The summed E-state index contributed by atoms with van der Waals surface area (Å²) in [5.74, 6) is 0. The van der Waals surface area contributed by atoms with Crippen molar-refractivity contribution < 1.29 is 0 Å². The first-order valence-corrected chi connectivity index (χ1v) is 7.47. The second-order valence-corrected chi connectivity index (χ2v) is 5.67. The summed E-state index contributed by atoms with van der Waals surface area (Å²) >= 11 is 0.